The highest BCUT2D eigenvalue weighted by atomic mass is 32.3. The van der Waals surface area contributed by atoms with Gasteiger partial charge in [-0.05, 0) is 29.6 Å². The molecule has 11 nitrogen and oxygen atoms in total. The molecule has 170 valence electrons. The highest BCUT2D eigenvalue weighted by Crippen LogP contribution is 2.30. The van der Waals surface area contributed by atoms with Gasteiger partial charge in [-0.15, -0.1) is 11.3 Å². The average Bonchev–Trinajstić information content (AvgIpc) is 3.31. The molecule has 0 aliphatic rings. The predicted octanol–water partition coefficient (Wildman–Crippen LogP) is 3.33. The van der Waals surface area contributed by atoms with Crippen LogP contribution < -0.4 is 14.5 Å². The van der Waals surface area contributed by atoms with Gasteiger partial charge in [0.15, 0.2) is 15.5 Å². The number of hydrogen-bond donors (Lipinski definition) is 1. The van der Waals surface area contributed by atoms with E-state index in [-0.39, 0.29) is 20.9 Å². The number of rotatable bonds is 7. The minimum Gasteiger partial charge on any atom is -0.417 e. The quantitative estimate of drug-likeness (QED) is 0.171. The van der Waals surface area contributed by atoms with Crippen LogP contribution in [-0.4, -0.2) is 21.8 Å². The molecule has 0 saturated heterocycles. The van der Waals surface area contributed by atoms with Crippen molar-refractivity contribution in [2.24, 2.45) is 0 Å². The van der Waals surface area contributed by atoms with E-state index in [9.17, 15) is 31.7 Å². The predicted molar refractivity (Wildman–Crippen MR) is 119 cm³/mol. The van der Waals surface area contributed by atoms with Crippen LogP contribution in [0.25, 0.3) is 11.0 Å². The summed E-state index contributed by atoms with van der Waals surface area (Å²) >= 11 is 0.943. The molecule has 14 heteroatoms. The molecule has 0 radical (unpaired) electrons. The molecule has 4 rings (SSSR count). The van der Waals surface area contributed by atoms with Gasteiger partial charge in [-0.1, -0.05) is 24.3 Å². The van der Waals surface area contributed by atoms with Crippen molar-refractivity contribution in [2.45, 2.75) is 9.10 Å². The zero-order valence-electron chi connectivity index (χ0n) is 16.2. The first-order chi connectivity index (χ1) is 15.6. The Morgan fingerprint density at radius 2 is 1.76 bits per heavy atom. The maximum atomic E-state index is 12.6. The molecule has 0 unspecified atom stereocenters. The van der Waals surface area contributed by atoms with E-state index < -0.39 is 47.0 Å². The van der Waals surface area contributed by atoms with Gasteiger partial charge in [0.05, 0.1) is 9.82 Å². The molecule has 2 aromatic carbocycles. The number of non-ortho nitro benzene ring substituents is 1. The summed E-state index contributed by atoms with van der Waals surface area (Å²) in [4.78, 5) is 22.2. The number of anilines is 1. The molecule has 1 N–H and O–H groups in total. The number of hydrogen-bond acceptors (Lipinski definition) is 10. The van der Waals surface area contributed by atoms with Crippen LogP contribution in [0.3, 0.4) is 0 Å². The van der Waals surface area contributed by atoms with Crippen molar-refractivity contribution in [3.63, 3.8) is 0 Å². The van der Waals surface area contributed by atoms with Crippen LogP contribution in [0, 0.1) is 10.1 Å². The molecule has 2 aromatic heterocycles. The summed E-state index contributed by atoms with van der Waals surface area (Å²) < 4.78 is 62.3. The fourth-order valence-electron chi connectivity index (χ4n) is 2.79. The summed E-state index contributed by atoms with van der Waals surface area (Å²) in [6, 6.07) is 12.5. The van der Waals surface area contributed by atoms with Gasteiger partial charge in [0.25, 0.3) is 15.7 Å². The molecule has 0 fully saturated rings. The van der Waals surface area contributed by atoms with Crippen molar-refractivity contribution >= 4 is 53.8 Å². The van der Waals surface area contributed by atoms with Gasteiger partial charge < -0.3 is 8.60 Å². The van der Waals surface area contributed by atoms with Crippen molar-refractivity contribution in [3.05, 3.63) is 86.6 Å². The summed E-state index contributed by atoms with van der Waals surface area (Å²) in [6.07, 6.45) is 0. The number of nitro groups is 1. The molecule has 33 heavy (non-hydrogen) atoms. The van der Waals surface area contributed by atoms with Crippen molar-refractivity contribution < 1.29 is 30.4 Å². The number of nitrogens with zero attached hydrogens (tertiary/aromatic N) is 1. The van der Waals surface area contributed by atoms with Gasteiger partial charge in [-0.25, -0.2) is 13.2 Å². The van der Waals surface area contributed by atoms with E-state index in [4.69, 9.17) is 8.60 Å². The van der Waals surface area contributed by atoms with E-state index in [1.54, 1.807) is 5.38 Å². The topological polar surface area (TPSA) is 163 Å². The Hall–Kier alpha value is -3.75. The van der Waals surface area contributed by atoms with Crippen molar-refractivity contribution in [2.75, 3.05) is 4.72 Å². The van der Waals surface area contributed by atoms with E-state index in [0.717, 1.165) is 35.6 Å². The third-order valence-corrected chi connectivity index (χ3v) is 8.20. The minimum atomic E-state index is -4.37. The highest BCUT2D eigenvalue weighted by Gasteiger charge is 2.23. The SMILES string of the molecule is O=c1oc2c(OS(=O)(=O)c3cccs3)cccc2cc1NS(=O)(=O)c1cccc([N+](=O)[O-])c1. The van der Waals surface area contributed by atoms with E-state index in [1.807, 2.05) is 4.72 Å². The molecule has 0 aliphatic carbocycles. The Morgan fingerprint density at radius 1 is 1.00 bits per heavy atom. The van der Waals surface area contributed by atoms with Crippen LogP contribution in [0.2, 0.25) is 0 Å². The number of nitrogens with one attached hydrogen (secondary N) is 1. The maximum Gasteiger partial charge on any atom is 0.360 e. The van der Waals surface area contributed by atoms with Gasteiger partial charge in [0.1, 0.15) is 5.69 Å². The summed E-state index contributed by atoms with van der Waals surface area (Å²) in [5.74, 6) is -0.258. The monoisotopic (exact) mass is 508 g/mol. The van der Waals surface area contributed by atoms with Crippen molar-refractivity contribution in [1.82, 2.24) is 0 Å². The first kappa shape index (κ1) is 22.4. The van der Waals surface area contributed by atoms with Gasteiger partial charge in [-0.3, -0.25) is 14.8 Å². The van der Waals surface area contributed by atoms with Crippen molar-refractivity contribution in [3.8, 4) is 5.75 Å². The molecule has 0 spiro atoms. The largest absolute Gasteiger partial charge is 0.417 e. The fraction of sp³-hybridized carbons (Fsp3) is 0. The molecule has 0 atom stereocenters. The number of sulfonamides is 1. The standard InChI is InChI=1S/C19H12N2O9S3/c22-19-15(20-32(25,26)14-6-2-5-13(11-14)21(23)24)10-12-4-1-7-16(18(12)29-19)30-33(27,28)17-8-3-9-31-17/h1-11,20H. The average molecular weight is 509 g/mol. The summed E-state index contributed by atoms with van der Waals surface area (Å²) in [5.41, 5.74) is -2.26. The second-order valence-corrected chi connectivity index (χ2v) is 10.9. The van der Waals surface area contributed by atoms with E-state index in [2.05, 4.69) is 0 Å². The van der Waals surface area contributed by atoms with E-state index in [1.165, 1.54) is 36.4 Å². The van der Waals surface area contributed by atoms with Gasteiger partial charge in [-0.2, -0.15) is 8.42 Å². The van der Waals surface area contributed by atoms with E-state index >= 15 is 0 Å². The van der Waals surface area contributed by atoms with Crippen LogP contribution >= 0.6 is 11.3 Å². The lowest BCUT2D eigenvalue weighted by molar-refractivity contribution is -0.385. The lowest BCUT2D eigenvalue weighted by Gasteiger charge is -2.10. The highest BCUT2D eigenvalue weighted by molar-refractivity contribution is 7.92. The number of thiophene rings is 1. The smallest absolute Gasteiger partial charge is 0.360 e. The summed E-state index contributed by atoms with van der Waals surface area (Å²) in [7, 11) is -8.54. The Bertz CT molecular complexity index is 1640. The molecule has 0 aliphatic heterocycles. The van der Waals surface area contributed by atoms with Crippen LogP contribution in [-0.2, 0) is 20.1 Å². The van der Waals surface area contributed by atoms with Gasteiger partial charge >= 0.3 is 15.7 Å². The molecule has 0 bridgehead atoms. The second-order valence-electron chi connectivity index (χ2n) is 6.45. The Balaban J connectivity index is 1.71. The third-order valence-electron chi connectivity index (χ3n) is 4.25. The van der Waals surface area contributed by atoms with Crippen LogP contribution in [0.15, 0.2) is 84.4 Å². The summed E-state index contributed by atoms with van der Waals surface area (Å²) in [6.45, 7) is 0. The first-order valence-corrected chi connectivity index (χ1v) is 12.7. The van der Waals surface area contributed by atoms with Gasteiger partial charge in [0.2, 0.25) is 0 Å². The Kier molecular flexibility index (Phi) is 5.65. The number of nitro benzene ring substituents is 1. The van der Waals surface area contributed by atoms with Crippen LogP contribution in [0.1, 0.15) is 0 Å². The normalized spacial score (nSPS) is 11.9. The first-order valence-electron chi connectivity index (χ1n) is 8.89. The Labute approximate surface area is 190 Å². The number of benzene rings is 2. The zero-order chi connectivity index (χ0) is 23.8. The van der Waals surface area contributed by atoms with Crippen LogP contribution in [0.5, 0.6) is 5.75 Å². The van der Waals surface area contributed by atoms with Crippen molar-refractivity contribution in [1.29, 1.82) is 0 Å². The molecular weight excluding hydrogens is 496 g/mol. The van der Waals surface area contributed by atoms with E-state index in [0.29, 0.717) is 0 Å². The third kappa shape index (κ3) is 4.57. The lowest BCUT2D eigenvalue weighted by Crippen LogP contribution is -2.18. The molecule has 4 aromatic rings. The lowest BCUT2D eigenvalue weighted by atomic mass is 10.2. The summed E-state index contributed by atoms with van der Waals surface area (Å²) in [5, 5.41) is 12.6. The minimum absolute atomic E-state index is 0.0526. The number of fused-ring (bicyclic) bond motifs is 1. The number of para-hydroxylation sites is 1. The van der Waals surface area contributed by atoms with Gasteiger partial charge in [0, 0.05) is 17.5 Å². The molecular formula is C19H12N2O9S3. The molecule has 0 saturated carbocycles. The second kappa shape index (κ2) is 8.31. The fourth-order valence-corrected chi connectivity index (χ4v) is 5.75. The maximum absolute atomic E-state index is 12.6. The zero-order valence-corrected chi connectivity index (χ0v) is 18.6. The molecule has 0 amide bonds. The Morgan fingerprint density at radius 3 is 2.45 bits per heavy atom. The van der Waals surface area contributed by atoms with Crippen LogP contribution in [0.4, 0.5) is 11.4 Å². The molecule has 2 heterocycles.